The van der Waals surface area contributed by atoms with Crippen LogP contribution in [0, 0.1) is 23.2 Å². The molecule has 0 heterocycles. The van der Waals surface area contributed by atoms with Crippen LogP contribution < -0.4 is 4.90 Å². The minimum absolute atomic E-state index is 0.0476. The zero-order chi connectivity index (χ0) is 26.3. The smallest absolute Gasteiger partial charge is 0.332 e. The van der Waals surface area contributed by atoms with E-state index in [1.165, 1.54) is 18.3 Å². The van der Waals surface area contributed by atoms with Gasteiger partial charge in [0.1, 0.15) is 13.2 Å². The Morgan fingerprint density at radius 1 is 1.05 bits per heavy atom. The van der Waals surface area contributed by atoms with Crippen LogP contribution in [0.3, 0.4) is 0 Å². The molecule has 1 aromatic carbocycles. The van der Waals surface area contributed by atoms with E-state index in [-0.39, 0.29) is 42.0 Å². The number of anilines is 1. The molecule has 2 fully saturated rings. The van der Waals surface area contributed by atoms with Gasteiger partial charge in [0.05, 0.1) is 5.92 Å². The number of fused-ring (bicyclic) bond motifs is 4. The van der Waals surface area contributed by atoms with E-state index in [2.05, 4.69) is 36.1 Å². The van der Waals surface area contributed by atoms with Crippen molar-refractivity contribution < 1.29 is 23.9 Å². The minimum Gasteiger partial charge on any atom is -0.456 e. The zero-order valence-electron chi connectivity index (χ0n) is 22.5. The summed E-state index contributed by atoms with van der Waals surface area (Å²) in [6, 6.07) is 8.40. The molecule has 1 unspecified atom stereocenters. The van der Waals surface area contributed by atoms with Gasteiger partial charge in [-0.15, -0.1) is 0 Å². The quantitative estimate of drug-likeness (QED) is 0.484. The first kappa shape index (κ1) is 25.9. The predicted molar refractivity (Wildman–Crippen MR) is 142 cm³/mol. The van der Waals surface area contributed by atoms with Crippen LogP contribution in [-0.4, -0.2) is 52.0 Å². The van der Waals surface area contributed by atoms with Crippen molar-refractivity contribution in [2.24, 2.45) is 23.2 Å². The highest BCUT2D eigenvalue weighted by atomic mass is 16.6. The van der Waals surface area contributed by atoms with Gasteiger partial charge in [-0.25, -0.2) is 4.79 Å². The SMILES string of the molecule is COCC(=O)OCC(=O)[C@H]1CC[C@H]2[C@@H]3CCC4=CC(=O)C(c5ccc(N(C)C)cc5)CC4=C3CC[C@]12C. The van der Waals surface area contributed by atoms with Crippen LogP contribution in [-0.2, 0) is 23.9 Å². The Balaban J connectivity index is 1.36. The van der Waals surface area contributed by atoms with Crippen LogP contribution in [0.4, 0.5) is 5.69 Å². The summed E-state index contributed by atoms with van der Waals surface area (Å²) >= 11 is 0. The Bertz CT molecular complexity index is 1150. The molecule has 0 saturated heterocycles. The van der Waals surface area contributed by atoms with E-state index in [0.29, 0.717) is 11.8 Å². The lowest BCUT2D eigenvalue weighted by Gasteiger charge is -2.49. The van der Waals surface area contributed by atoms with E-state index in [9.17, 15) is 14.4 Å². The van der Waals surface area contributed by atoms with E-state index in [4.69, 9.17) is 9.47 Å². The summed E-state index contributed by atoms with van der Waals surface area (Å²) in [5.74, 6) is 0.545. The molecule has 0 amide bonds. The lowest BCUT2D eigenvalue weighted by Crippen LogP contribution is -2.43. The fourth-order valence-corrected chi connectivity index (χ4v) is 7.76. The lowest BCUT2D eigenvalue weighted by atomic mass is 9.55. The molecule has 37 heavy (non-hydrogen) atoms. The van der Waals surface area contributed by atoms with Gasteiger partial charge in [-0.05, 0) is 97.1 Å². The standard InChI is InChI=1S/C31H39NO5/c1-31-14-13-22-23(26(31)11-12-27(31)29(34)17-37-30(35)18-36-4)10-7-20-15-28(33)25(16-24(20)22)19-5-8-21(9-6-19)32(2)3/h5-6,8-9,15,23,25-27H,7,10-14,16-18H2,1-4H3/t23-,25?,26+,27-,31+/m1/s1. The molecule has 198 valence electrons. The number of esters is 1. The number of hydrogen-bond acceptors (Lipinski definition) is 6. The normalized spacial score (nSPS) is 30.7. The van der Waals surface area contributed by atoms with Crippen molar-refractivity contribution in [3.8, 4) is 0 Å². The highest BCUT2D eigenvalue weighted by Crippen LogP contribution is 2.62. The molecule has 4 aliphatic carbocycles. The number of allylic oxidation sites excluding steroid dienone is 4. The van der Waals surface area contributed by atoms with E-state index < -0.39 is 5.97 Å². The maximum atomic E-state index is 13.1. The van der Waals surface area contributed by atoms with Gasteiger partial charge in [0.15, 0.2) is 11.6 Å². The van der Waals surface area contributed by atoms with Gasteiger partial charge < -0.3 is 14.4 Å². The number of benzene rings is 1. The number of Topliss-reactive ketones (excluding diaryl/α,β-unsaturated/α-hetero) is 1. The largest absolute Gasteiger partial charge is 0.456 e. The monoisotopic (exact) mass is 505 g/mol. The Labute approximate surface area is 220 Å². The van der Waals surface area contributed by atoms with Crippen LogP contribution in [0.25, 0.3) is 0 Å². The second-order valence-corrected chi connectivity index (χ2v) is 11.8. The molecule has 5 rings (SSSR count). The molecule has 0 aromatic heterocycles. The van der Waals surface area contributed by atoms with E-state index in [1.807, 2.05) is 20.2 Å². The average Bonchev–Trinajstić information content (AvgIpc) is 3.24. The Kier molecular flexibility index (Phi) is 7.14. The third-order valence-corrected chi connectivity index (χ3v) is 9.68. The van der Waals surface area contributed by atoms with Crippen molar-refractivity contribution in [1.29, 1.82) is 0 Å². The van der Waals surface area contributed by atoms with E-state index in [1.54, 1.807) is 5.57 Å². The van der Waals surface area contributed by atoms with Gasteiger partial charge in [-0.3, -0.25) is 9.59 Å². The third-order valence-electron chi connectivity index (χ3n) is 9.68. The minimum atomic E-state index is -0.490. The topological polar surface area (TPSA) is 72.9 Å². The number of methoxy groups -OCH3 is 1. The number of carbonyl (C=O) groups excluding carboxylic acids is 3. The van der Waals surface area contributed by atoms with E-state index >= 15 is 0 Å². The van der Waals surface area contributed by atoms with Crippen molar-refractivity contribution in [3.63, 3.8) is 0 Å². The molecular formula is C31H39NO5. The molecule has 0 N–H and O–H groups in total. The highest BCUT2D eigenvalue weighted by Gasteiger charge is 2.55. The van der Waals surface area contributed by atoms with Crippen LogP contribution in [0.15, 0.2) is 47.1 Å². The number of hydrogen-bond donors (Lipinski definition) is 0. The molecular weight excluding hydrogens is 466 g/mol. The molecule has 0 bridgehead atoms. The molecule has 0 spiro atoms. The first-order valence-electron chi connectivity index (χ1n) is 13.6. The summed E-state index contributed by atoms with van der Waals surface area (Å²) in [6.07, 6.45) is 8.58. The van der Waals surface area contributed by atoms with Gasteiger partial charge in [0.25, 0.3) is 0 Å². The van der Waals surface area contributed by atoms with Gasteiger partial charge in [0.2, 0.25) is 0 Å². The van der Waals surface area contributed by atoms with Crippen molar-refractivity contribution in [2.45, 2.75) is 57.8 Å². The summed E-state index contributed by atoms with van der Waals surface area (Å²) in [7, 11) is 5.49. The van der Waals surface area contributed by atoms with Crippen LogP contribution >= 0.6 is 0 Å². The molecule has 6 nitrogen and oxygen atoms in total. The number of ether oxygens (including phenoxy) is 2. The summed E-state index contributed by atoms with van der Waals surface area (Å²) in [4.78, 5) is 40.0. The number of ketones is 2. The number of carbonyl (C=O) groups is 3. The first-order chi connectivity index (χ1) is 17.7. The molecule has 6 heteroatoms. The van der Waals surface area contributed by atoms with Crippen LogP contribution in [0.1, 0.15) is 63.4 Å². The second-order valence-electron chi connectivity index (χ2n) is 11.8. The first-order valence-corrected chi connectivity index (χ1v) is 13.6. The van der Waals surface area contributed by atoms with Gasteiger partial charge in [-0.1, -0.05) is 24.6 Å². The average molecular weight is 506 g/mol. The number of rotatable bonds is 7. The maximum Gasteiger partial charge on any atom is 0.332 e. The zero-order valence-corrected chi connectivity index (χ0v) is 22.5. The van der Waals surface area contributed by atoms with Gasteiger partial charge >= 0.3 is 5.97 Å². The molecule has 0 radical (unpaired) electrons. The van der Waals surface area contributed by atoms with Gasteiger partial charge in [0, 0.05) is 32.8 Å². The Morgan fingerprint density at radius 3 is 2.51 bits per heavy atom. The highest BCUT2D eigenvalue weighted by molar-refractivity contribution is 5.98. The van der Waals surface area contributed by atoms with E-state index in [0.717, 1.165) is 56.2 Å². The fourth-order valence-electron chi connectivity index (χ4n) is 7.76. The van der Waals surface area contributed by atoms with Gasteiger partial charge in [-0.2, -0.15) is 0 Å². The maximum absolute atomic E-state index is 13.1. The molecule has 5 atom stereocenters. The third kappa shape index (κ3) is 4.69. The summed E-state index contributed by atoms with van der Waals surface area (Å²) in [5.41, 5.74) is 6.37. The summed E-state index contributed by atoms with van der Waals surface area (Å²) in [6.45, 7) is 2.00. The van der Waals surface area contributed by atoms with Crippen LogP contribution in [0.2, 0.25) is 0 Å². The molecule has 1 aromatic rings. The fraction of sp³-hybridized carbons (Fsp3) is 0.581. The Hall–Kier alpha value is -2.73. The molecule has 0 aliphatic heterocycles. The Morgan fingerprint density at radius 2 is 1.81 bits per heavy atom. The second kappa shape index (κ2) is 10.2. The summed E-state index contributed by atoms with van der Waals surface area (Å²) in [5, 5.41) is 0. The molecule has 4 aliphatic rings. The summed E-state index contributed by atoms with van der Waals surface area (Å²) < 4.78 is 9.99. The van der Waals surface area contributed by atoms with Crippen LogP contribution in [0.5, 0.6) is 0 Å². The molecule has 2 saturated carbocycles. The van der Waals surface area contributed by atoms with Crippen molar-refractivity contribution in [1.82, 2.24) is 0 Å². The number of nitrogens with zero attached hydrogens (tertiary/aromatic N) is 1. The van der Waals surface area contributed by atoms with Crippen molar-refractivity contribution in [2.75, 3.05) is 39.3 Å². The van der Waals surface area contributed by atoms with Crippen molar-refractivity contribution >= 4 is 23.2 Å². The predicted octanol–water partition coefficient (Wildman–Crippen LogP) is 5.03. The lowest BCUT2D eigenvalue weighted by molar-refractivity contribution is -0.153. The van der Waals surface area contributed by atoms with Crippen molar-refractivity contribution in [3.05, 3.63) is 52.6 Å².